The quantitative estimate of drug-likeness (QED) is 0.509. The summed E-state index contributed by atoms with van der Waals surface area (Å²) >= 11 is 6.37. The monoisotopic (exact) mass is 501 g/mol. The number of hydrogen-bond donors (Lipinski definition) is 2. The molecule has 0 saturated carbocycles. The number of aryl methyl sites for hydroxylation is 3. The molecule has 2 aromatic carbocycles. The normalized spacial score (nSPS) is 12.2. The molecular weight excluding hydrogens is 466 g/mol. The van der Waals surface area contributed by atoms with Crippen molar-refractivity contribution in [1.82, 2.24) is 10.2 Å². The second-order valence-corrected chi connectivity index (χ2v) is 10.3. The number of carbonyl (C=O) groups excluding carboxylic acids is 3. The van der Waals surface area contributed by atoms with Crippen LogP contribution in [0.5, 0.6) is 0 Å². The molecule has 0 bridgehead atoms. The maximum absolute atomic E-state index is 13.8. The summed E-state index contributed by atoms with van der Waals surface area (Å²) in [7, 11) is 0. The second-order valence-electron chi connectivity index (χ2n) is 9.93. The Hall–Kier alpha value is -3.06. The fourth-order valence-electron chi connectivity index (χ4n) is 3.74. The lowest BCUT2D eigenvalue weighted by Crippen LogP contribution is -2.49. The predicted molar refractivity (Wildman–Crippen MR) is 140 cm³/mol. The molecule has 0 spiro atoms. The Morgan fingerprint density at radius 3 is 2.26 bits per heavy atom. The maximum atomic E-state index is 13.8. The third-order valence-electron chi connectivity index (χ3n) is 5.35. The third kappa shape index (κ3) is 7.72. The Kier molecular flexibility index (Phi) is 9.32. The van der Waals surface area contributed by atoms with Crippen LogP contribution < -0.4 is 10.6 Å². The zero-order chi connectivity index (χ0) is 26.5. The molecule has 0 heterocycles. The molecule has 0 fully saturated rings. The summed E-state index contributed by atoms with van der Waals surface area (Å²) < 4.78 is 5.25. The number of anilines is 1. The van der Waals surface area contributed by atoms with Crippen molar-refractivity contribution in [3.05, 3.63) is 63.7 Å². The molecule has 2 rings (SSSR count). The first-order chi connectivity index (χ1) is 16.2. The van der Waals surface area contributed by atoms with Crippen LogP contribution in [0.25, 0.3) is 0 Å². The Balaban J connectivity index is 2.46. The van der Waals surface area contributed by atoms with Crippen LogP contribution in [-0.4, -0.2) is 41.0 Å². The van der Waals surface area contributed by atoms with Gasteiger partial charge < -0.3 is 20.3 Å². The molecule has 0 aliphatic rings. The van der Waals surface area contributed by atoms with E-state index in [4.69, 9.17) is 16.3 Å². The smallest absolute Gasteiger partial charge is 0.408 e. The Bertz CT molecular complexity index is 1070. The van der Waals surface area contributed by atoms with E-state index in [1.807, 2.05) is 65.0 Å². The predicted octanol–water partition coefficient (Wildman–Crippen LogP) is 5.71. The van der Waals surface area contributed by atoms with E-state index in [0.29, 0.717) is 16.3 Å². The number of rotatable bonds is 7. The van der Waals surface area contributed by atoms with E-state index < -0.39 is 29.6 Å². The minimum absolute atomic E-state index is 0.313. The molecule has 190 valence electrons. The van der Waals surface area contributed by atoms with E-state index in [1.54, 1.807) is 26.8 Å². The standard InChI is InChI=1S/C27H36ClN3O4/c1-16(2)31(22(32)15-29-26(34)35-27(6,7)8)24(20-14-17(3)12-13-18(20)4)25(33)30-23-19(5)10-9-11-21(23)28/h9-14,16,24H,15H2,1-8H3,(H,29,34)(H,30,33). The molecule has 8 heteroatoms. The zero-order valence-corrected chi connectivity index (χ0v) is 22.5. The molecular formula is C27H36ClN3O4. The highest BCUT2D eigenvalue weighted by molar-refractivity contribution is 6.34. The van der Waals surface area contributed by atoms with E-state index in [-0.39, 0.29) is 12.6 Å². The van der Waals surface area contributed by atoms with Gasteiger partial charge in [0.05, 0.1) is 10.7 Å². The van der Waals surface area contributed by atoms with Gasteiger partial charge in [-0.05, 0) is 78.1 Å². The number of halogens is 1. The summed E-state index contributed by atoms with van der Waals surface area (Å²) in [6.07, 6.45) is -0.700. The van der Waals surface area contributed by atoms with E-state index in [2.05, 4.69) is 10.6 Å². The fourth-order valence-corrected chi connectivity index (χ4v) is 4.01. The Morgan fingerprint density at radius 1 is 1.03 bits per heavy atom. The van der Waals surface area contributed by atoms with E-state index in [1.165, 1.54) is 4.90 Å². The summed E-state index contributed by atoms with van der Waals surface area (Å²) in [6.45, 7) is 14.3. The highest BCUT2D eigenvalue weighted by Gasteiger charge is 2.35. The topological polar surface area (TPSA) is 87.7 Å². The SMILES string of the molecule is Cc1ccc(C)c(C(C(=O)Nc2c(C)cccc2Cl)N(C(=O)CNC(=O)OC(C)(C)C)C(C)C)c1. The molecule has 1 atom stereocenters. The van der Waals surface area contributed by atoms with Crippen molar-refractivity contribution < 1.29 is 19.1 Å². The first-order valence-corrected chi connectivity index (χ1v) is 12.0. The molecule has 0 aliphatic heterocycles. The van der Waals surface area contributed by atoms with Crippen molar-refractivity contribution in [3.63, 3.8) is 0 Å². The van der Waals surface area contributed by atoms with Crippen molar-refractivity contribution >= 4 is 35.2 Å². The molecule has 2 N–H and O–H groups in total. The summed E-state index contributed by atoms with van der Waals surface area (Å²) in [5.41, 5.74) is 3.13. The molecule has 35 heavy (non-hydrogen) atoms. The molecule has 1 unspecified atom stereocenters. The highest BCUT2D eigenvalue weighted by Crippen LogP contribution is 2.31. The van der Waals surface area contributed by atoms with Gasteiger partial charge in [-0.1, -0.05) is 47.5 Å². The number of alkyl carbamates (subject to hydrolysis) is 1. The zero-order valence-electron chi connectivity index (χ0n) is 21.8. The lowest BCUT2D eigenvalue weighted by molar-refractivity contribution is -0.140. The summed E-state index contributed by atoms with van der Waals surface area (Å²) in [4.78, 5) is 40.8. The molecule has 7 nitrogen and oxygen atoms in total. The summed E-state index contributed by atoms with van der Waals surface area (Å²) in [6, 6.07) is 9.86. The molecule has 0 saturated heterocycles. The van der Waals surface area contributed by atoms with Crippen molar-refractivity contribution in [2.75, 3.05) is 11.9 Å². The van der Waals surface area contributed by atoms with Gasteiger partial charge in [-0.2, -0.15) is 0 Å². The number of hydrogen-bond acceptors (Lipinski definition) is 4. The molecule has 0 radical (unpaired) electrons. The van der Waals surface area contributed by atoms with Gasteiger partial charge in [-0.15, -0.1) is 0 Å². The van der Waals surface area contributed by atoms with Gasteiger partial charge in [0.15, 0.2) is 0 Å². The molecule has 0 aromatic heterocycles. The van der Waals surface area contributed by atoms with Crippen LogP contribution in [0.3, 0.4) is 0 Å². The fraction of sp³-hybridized carbons (Fsp3) is 0.444. The first-order valence-electron chi connectivity index (χ1n) is 11.6. The number of nitrogens with zero attached hydrogens (tertiary/aromatic N) is 1. The van der Waals surface area contributed by atoms with Crippen LogP contribution in [0.2, 0.25) is 5.02 Å². The Labute approximate surface area is 213 Å². The number of nitrogens with one attached hydrogen (secondary N) is 2. The number of amides is 3. The van der Waals surface area contributed by atoms with Gasteiger partial charge >= 0.3 is 6.09 Å². The minimum atomic E-state index is -0.946. The van der Waals surface area contributed by atoms with E-state index in [9.17, 15) is 14.4 Å². The van der Waals surface area contributed by atoms with Crippen molar-refractivity contribution in [3.8, 4) is 0 Å². The lowest BCUT2D eigenvalue weighted by Gasteiger charge is -2.35. The average molecular weight is 502 g/mol. The van der Waals surface area contributed by atoms with Crippen LogP contribution in [0.4, 0.5) is 10.5 Å². The number of ether oxygens (including phenoxy) is 1. The first kappa shape index (κ1) is 28.2. The number of carbonyl (C=O) groups is 3. The van der Waals surface area contributed by atoms with E-state index >= 15 is 0 Å². The summed E-state index contributed by atoms with van der Waals surface area (Å²) in [5, 5.41) is 5.85. The van der Waals surface area contributed by atoms with Crippen molar-refractivity contribution in [2.24, 2.45) is 0 Å². The van der Waals surface area contributed by atoms with Crippen molar-refractivity contribution in [1.29, 1.82) is 0 Å². The summed E-state index contributed by atoms with van der Waals surface area (Å²) in [5.74, 6) is -0.808. The lowest BCUT2D eigenvalue weighted by atomic mass is 9.95. The Morgan fingerprint density at radius 2 is 1.69 bits per heavy atom. The average Bonchev–Trinajstić information content (AvgIpc) is 2.73. The van der Waals surface area contributed by atoms with Crippen LogP contribution in [0.15, 0.2) is 36.4 Å². The van der Waals surface area contributed by atoms with Crippen LogP contribution >= 0.6 is 11.6 Å². The van der Waals surface area contributed by atoms with Gasteiger partial charge in [0.1, 0.15) is 18.2 Å². The highest BCUT2D eigenvalue weighted by atomic mass is 35.5. The van der Waals surface area contributed by atoms with E-state index in [0.717, 1.165) is 16.7 Å². The minimum Gasteiger partial charge on any atom is -0.444 e. The van der Waals surface area contributed by atoms with Gasteiger partial charge in [0.2, 0.25) is 5.91 Å². The van der Waals surface area contributed by atoms with Gasteiger partial charge in [-0.25, -0.2) is 4.79 Å². The molecule has 3 amide bonds. The molecule has 2 aromatic rings. The third-order valence-corrected chi connectivity index (χ3v) is 5.67. The van der Waals surface area contributed by atoms with Gasteiger partial charge in [0, 0.05) is 6.04 Å². The van der Waals surface area contributed by atoms with Crippen LogP contribution in [0.1, 0.15) is 62.9 Å². The van der Waals surface area contributed by atoms with Crippen LogP contribution in [0, 0.1) is 20.8 Å². The number of para-hydroxylation sites is 1. The van der Waals surface area contributed by atoms with Gasteiger partial charge in [-0.3, -0.25) is 9.59 Å². The van der Waals surface area contributed by atoms with Crippen LogP contribution in [-0.2, 0) is 14.3 Å². The maximum Gasteiger partial charge on any atom is 0.408 e. The van der Waals surface area contributed by atoms with Gasteiger partial charge in [0.25, 0.3) is 5.91 Å². The number of benzene rings is 2. The second kappa shape index (κ2) is 11.6. The largest absolute Gasteiger partial charge is 0.444 e. The van der Waals surface area contributed by atoms with Crippen molar-refractivity contribution in [2.45, 2.75) is 73.1 Å². The molecule has 0 aliphatic carbocycles.